The molecule has 1 fully saturated rings. The highest BCUT2D eigenvalue weighted by molar-refractivity contribution is 8.18. The Hall–Kier alpha value is -3.86. The number of amides is 1. The minimum Gasteiger partial charge on any atom is -0.493 e. The van der Waals surface area contributed by atoms with Gasteiger partial charge in [0, 0.05) is 7.05 Å². The Morgan fingerprint density at radius 3 is 2.39 bits per heavy atom. The first-order chi connectivity index (χ1) is 15.8. The number of nitro groups is 1. The Labute approximate surface area is 194 Å². The zero-order chi connectivity index (χ0) is 24.1. The summed E-state index contributed by atoms with van der Waals surface area (Å²) in [5.41, 5.74) is 0.896. The molecule has 172 valence electrons. The van der Waals surface area contributed by atoms with Crippen LogP contribution in [0.5, 0.6) is 11.5 Å². The minimum atomic E-state index is -0.553. The quantitative estimate of drug-likeness (QED) is 0.257. The first-order valence-electron chi connectivity index (χ1n) is 9.72. The Balaban J connectivity index is 1.93. The van der Waals surface area contributed by atoms with Crippen LogP contribution >= 0.6 is 11.8 Å². The number of carbonyl (C=O) groups excluding carboxylic acids is 2. The van der Waals surface area contributed by atoms with Gasteiger partial charge in [-0.3, -0.25) is 19.8 Å². The topological polar surface area (TPSA) is 121 Å². The zero-order valence-corrected chi connectivity index (χ0v) is 19.2. The number of nitro benzene ring substituents is 1. The maximum Gasteiger partial charge on any atom is 0.338 e. The number of likely N-dealkylation sites (N-methyl/N-ethyl adjacent to an activating group) is 1. The Kier molecular flexibility index (Phi) is 7.34. The highest BCUT2D eigenvalue weighted by Crippen LogP contribution is 2.39. The maximum atomic E-state index is 12.8. The molecule has 0 bridgehead atoms. The monoisotopic (exact) mass is 471 g/mol. The fourth-order valence-corrected chi connectivity index (χ4v) is 3.93. The van der Waals surface area contributed by atoms with Crippen LogP contribution < -0.4 is 9.47 Å². The molecule has 1 aliphatic heterocycles. The van der Waals surface area contributed by atoms with Gasteiger partial charge in [-0.05, 0) is 55.1 Å². The van der Waals surface area contributed by atoms with Crippen molar-refractivity contribution in [2.24, 2.45) is 4.99 Å². The maximum absolute atomic E-state index is 12.8. The second kappa shape index (κ2) is 10.2. The predicted octanol–water partition coefficient (Wildman–Crippen LogP) is 4.02. The van der Waals surface area contributed by atoms with Gasteiger partial charge < -0.3 is 14.2 Å². The molecule has 0 spiro atoms. The first kappa shape index (κ1) is 23.8. The molecular formula is C22H21N3O7S. The van der Waals surface area contributed by atoms with Gasteiger partial charge in [0.2, 0.25) is 0 Å². The van der Waals surface area contributed by atoms with E-state index >= 15 is 0 Å². The summed E-state index contributed by atoms with van der Waals surface area (Å²) in [7, 11) is 4.36. The number of hydrogen-bond donors (Lipinski definition) is 0. The van der Waals surface area contributed by atoms with Crippen molar-refractivity contribution in [2.45, 2.75) is 6.92 Å². The number of hydrogen-bond acceptors (Lipinski definition) is 9. The van der Waals surface area contributed by atoms with E-state index in [1.807, 2.05) is 0 Å². The molecule has 0 aliphatic carbocycles. The van der Waals surface area contributed by atoms with E-state index in [2.05, 4.69) is 4.99 Å². The number of thioether (sulfide) groups is 1. The van der Waals surface area contributed by atoms with E-state index in [9.17, 15) is 19.7 Å². The molecule has 1 saturated heterocycles. The van der Waals surface area contributed by atoms with Gasteiger partial charge >= 0.3 is 5.97 Å². The molecule has 33 heavy (non-hydrogen) atoms. The average molecular weight is 471 g/mol. The standard InChI is InChI=1S/C22H21N3O7S/c1-5-32-21(27)13-6-8-15(9-7-13)23-22-24(2)20(26)19(33-22)11-14-10-17(30-3)18(31-4)12-16(14)25(28)29/h6-12H,5H2,1-4H3/b19-11-,23-22?. The Bertz CT molecular complexity index is 1160. The van der Waals surface area contributed by atoms with Crippen molar-refractivity contribution in [3.63, 3.8) is 0 Å². The van der Waals surface area contributed by atoms with E-state index in [-0.39, 0.29) is 34.4 Å². The zero-order valence-electron chi connectivity index (χ0n) is 18.4. The van der Waals surface area contributed by atoms with E-state index in [4.69, 9.17) is 14.2 Å². The van der Waals surface area contributed by atoms with Crippen molar-refractivity contribution in [3.8, 4) is 11.5 Å². The normalized spacial score (nSPS) is 15.8. The van der Waals surface area contributed by atoms with Crippen LogP contribution in [-0.4, -0.2) is 54.7 Å². The predicted molar refractivity (Wildman–Crippen MR) is 124 cm³/mol. The second-order valence-corrected chi connectivity index (χ2v) is 7.67. The number of aliphatic imine (C=N–C) groups is 1. The number of rotatable bonds is 7. The minimum absolute atomic E-state index is 0.196. The lowest BCUT2D eigenvalue weighted by atomic mass is 10.1. The van der Waals surface area contributed by atoms with Gasteiger partial charge in [0.1, 0.15) is 0 Å². The molecule has 0 saturated carbocycles. The van der Waals surface area contributed by atoms with Crippen molar-refractivity contribution in [3.05, 3.63) is 62.5 Å². The summed E-state index contributed by atoms with van der Waals surface area (Å²) < 4.78 is 15.3. The van der Waals surface area contributed by atoms with E-state index in [1.165, 1.54) is 37.3 Å². The molecule has 11 heteroatoms. The van der Waals surface area contributed by atoms with Crippen LogP contribution in [0.1, 0.15) is 22.8 Å². The SMILES string of the molecule is CCOC(=O)c1ccc(N=C2S/C(=C\c3cc(OC)c(OC)cc3[N+](=O)[O-])C(=O)N2C)cc1. The van der Waals surface area contributed by atoms with Crippen LogP contribution in [0.3, 0.4) is 0 Å². The summed E-state index contributed by atoms with van der Waals surface area (Å²) in [5.74, 6) is -0.274. The lowest BCUT2D eigenvalue weighted by Crippen LogP contribution is -2.23. The number of amidine groups is 1. The lowest BCUT2D eigenvalue weighted by Gasteiger charge is -2.09. The fourth-order valence-electron chi connectivity index (χ4n) is 2.95. The number of carbonyl (C=O) groups is 2. The van der Waals surface area contributed by atoms with Crippen molar-refractivity contribution < 1.29 is 28.7 Å². The van der Waals surface area contributed by atoms with Crippen molar-refractivity contribution in [1.29, 1.82) is 0 Å². The van der Waals surface area contributed by atoms with Gasteiger partial charge in [-0.15, -0.1) is 0 Å². The van der Waals surface area contributed by atoms with Gasteiger partial charge in [-0.1, -0.05) is 0 Å². The van der Waals surface area contributed by atoms with Gasteiger partial charge in [0.05, 0.1) is 53.5 Å². The van der Waals surface area contributed by atoms with Crippen LogP contribution in [0.4, 0.5) is 11.4 Å². The average Bonchev–Trinajstić information content (AvgIpc) is 3.06. The number of ether oxygens (including phenoxy) is 3. The van der Waals surface area contributed by atoms with Crippen LogP contribution in [0, 0.1) is 10.1 Å². The third kappa shape index (κ3) is 5.14. The molecule has 10 nitrogen and oxygen atoms in total. The molecule has 0 N–H and O–H groups in total. The van der Waals surface area contributed by atoms with Gasteiger partial charge in [0.25, 0.3) is 11.6 Å². The molecule has 1 aliphatic rings. The molecule has 3 rings (SSSR count). The van der Waals surface area contributed by atoms with Gasteiger partial charge in [-0.25, -0.2) is 9.79 Å². The largest absolute Gasteiger partial charge is 0.493 e. The molecule has 0 radical (unpaired) electrons. The number of nitrogens with zero attached hydrogens (tertiary/aromatic N) is 3. The number of benzene rings is 2. The van der Waals surface area contributed by atoms with Crippen LogP contribution in [-0.2, 0) is 9.53 Å². The molecule has 0 unspecified atom stereocenters. The summed E-state index contributed by atoms with van der Waals surface area (Å²) >= 11 is 1.08. The van der Waals surface area contributed by atoms with E-state index in [0.717, 1.165) is 11.8 Å². The summed E-state index contributed by atoms with van der Waals surface area (Å²) in [6.45, 7) is 2.00. The molecule has 1 amide bonds. The van der Waals surface area contributed by atoms with Crippen LogP contribution in [0.15, 0.2) is 46.3 Å². The third-order valence-corrected chi connectivity index (χ3v) is 5.68. The number of methoxy groups -OCH3 is 2. The van der Waals surface area contributed by atoms with E-state index in [1.54, 1.807) is 38.2 Å². The van der Waals surface area contributed by atoms with Gasteiger partial charge in [0.15, 0.2) is 16.7 Å². The van der Waals surface area contributed by atoms with Crippen molar-refractivity contribution in [1.82, 2.24) is 4.90 Å². The molecule has 2 aromatic rings. The highest BCUT2D eigenvalue weighted by atomic mass is 32.2. The van der Waals surface area contributed by atoms with Crippen molar-refractivity contribution >= 4 is 46.3 Å². The fraction of sp³-hybridized carbons (Fsp3) is 0.227. The van der Waals surface area contributed by atoms with E-state index in [0.29, 0.717) is 22.2 Å². The number of esters is 1. The molecule has 0 atom stereocenters. The van der Waals surface area contributed by atoms with Crippen LogP contribution in [0.2, 0.25) is 0 Å². The molecule has 1 heterocycles. The van der Waals surface area contributed by atoms with E-state index < -0.39 is 10.9 Å². The Morgan fingerprint density at radius 1 is 1.18 bits per heavy atom. The first-order valence-corrected chi connectivity index (χ1v) is 10.5. The Morgan fingerprint density at radius 2 is 1.82 bits per heavy atom. The summed E-state index contributed by atoms with van der Waals surface area (Å²) in [4.78, 5) is 41.6. The summed E-state index contributed by atoms with van der Waals surface area (Å²) in [5, 5.41) is 11.9. The molecule has 0 aromatic heterocycles. The van der Waals surface area contributed by atoms with Crippen LogP contribution in [0.25, 0.3) is 6.08 Å². The van der Waals surface area contributed by atoms with Crippen molar-refractivity contribution in [2.75, 3.05) is 27.9 Å². The third-order valence-electron chi connectivity index (χ3n) is 4.62. The summed E-state index contributed by atoms with van der Waals surface area (Å²) in [6, 6.07) is 9.14. The summed E-state index contributed by atoms with van der Waals surface area (Å²) in [6.07, 6.45) is 1.43. The molecular weight excluding hydrogens is 450 g/mol. The van der Waals surface area contributed by atoms with Gasteiger partial charge in [-0.2, -0.15) is 0 Å². The second-order valence-electron chi connectivity index (χ2n) is 6.66. The molecule has 2 aromatic carbocycles. The highest BCUT2D eigenvalue weighted by Gasteiger charge is 2.31. The lowest BCUT2D eigenvalue weighted by molar-refractivity contribution is -0.385. The smallest absolute Gasteiger partial charge is 0.338 e.